The molecule has 1 aromatic heterocycles. The monoisotopic (exact) mass is 402 g/mol. The van der Waals surface area contributed by atoms with Crippen LogP contribution in [0.1, 0.15) is 16.1 Å². The second kappa shape index (κ2) is 7.95. The summed E-state index contributed by atoms with van der Waals surface area (Å²) in [6, 6.07) is 17.7. The Balaban J connectivity index is 1.29. The summed E-state index contributed by atoms with van der Waals surface area (Å²) in [4.78, 5) is 19.4. The van der Waals surface area contributed by atoms with Crippen LogP contribution in [-0.2, 0) is 13.6 Å². The number of piperidine rings is 1. The fourth-order valence-electron chi connectivity index (χ4n) is 4.48. The summed E-state index contributed by atoms with van der Waals surface area (Å²) in [7, 11) is 1.89. The van der Waals surface area contributed by atoms with Crippen molar-refractivity contribution in [3.05, 3.63) is 78.4 Å². The molecule has 5 rings (SSSR count). The molecule has 6 heteroatoms. The van der Waals surface area contributed by atoms with Gasteiger partial charge in [0.2, 0.25) is 0 Å². The Morgan fingerprint density at radius 1 is 1.10 bits per heavy atom. The Bertz CT molecular complexity index is 1010. The van der Waals surface area contributed by atoms with Crippen molar-refractivity contribution in [1.29, 1.82) is 0 Å². The molecule has 1 saturated carbocycles. The van der Waals surface area contributed by atoms with Crippen molar-refractivity contribution in [2.24, 2.45) is 24.8 Å². The molecule has 2 fully saturated rings. The van der Waals surface area contributed by atoms with Gasteiger partial charge in [-0.15, -0.1) is 0 Å². The smallest absolute Gasteiger partial charge is 0.274 e. The van der Waals surface area contributed by atoms with Gasteiger partial charge in [-0.1, -0.05) is 30.3 Å². The highest BCUT2D eigenvalue weighted by Gasteiger charge is 2.53. The minimum Gasteiger partial charge on any atom is -0.457 e. The lowest BCUT2D eigenvalue weighted by molar-refractivity contribution is 0.0723. The van der Waals surface area contributed by atoms with Crippen LogP contribution in [-0.4, -0.2) is 40.0 Å². The second-order valence-electron chi connectivity index (χ2n) is 8.32. The Morgan fingerprint density at radius 2 is 1.80 bits per heavy atom. The molecule has 1 aliphatic heterocycles. The number of carbonyl (C=O) groups is 1. The van der Waals surface area contributed by atoms with Gasteiger partial charge in [-0.3, -0.25) is 4.79 Å². The van der Waals surface area contributed by atoms with Gasteiger partial charge in [0, 0.05) is 26.3 Å². The summed E-state index contributed by atoms with van der Waals surface area (Å²) >= 11 is 0. The molecule has 2 atom stereocenters. The van der Waals surface area contributed by atoms with Gasteiger partial charge in [-0.2, -0.15) is 0 Å². The lowest BCUT2D eigenvalue weighted by Gasteiger charge is -2.23. The highest BCUT2D eigenvalue weighted by atomic mass is 16.5. The van der Waals surface area contributed by atoms with E-state index in [0.717, 1.165) is 36.7 Å². The Hall–Kier alpha value is -3.12. The van der Waals surface area contributed by atoms with Crippen LogP contribution in [0.15, 0.2) is 67.1 Å². The van der Waals surface area contributed by atoms with Crippen LogP contribution in [0.3, 0.4) is 0 Å². The number of rotatable bonds is 7. The van der Waals surface area contributed by atoms with E-state index in [1.54, 1.807) is 12.5 Å². The number of aryl methyl sites for hydroxylation is 1. The van der Waals surface area contributed by atoms with Gasteiger partial charge < -0.3 is 19.5 Å². The lowest BCUT2D eigenvalue weighted by Crippen LogP contribution is -2.34. The predicted molar refractivity (Wildman–Crippen MR) is 114 cm³/mol. The molecule has 154 valence electrons. The predicted octanol–water partition coefficient (Wildman–Crippen LogP) is 3.32. The summed E-state index contributed by atoms with van der Waals surface area (Å²) in [5.41, 5.74) is 1.59. The van der Waals surface area contributed by atoms with Crippen molar-refractivity contribution in [1.82, 2.24) is 19.8 Å². The molecular formula is C24H26N4O2. The average Bonchev–Trinajstić information content (AvgIpc) is 3.12. The Morgan fingerprint density at radius 3 is 2.47 bits per heavy atom. The molecule has 1 saturated heterocycles. The first-order valence-electron chi connectivity index (χ1n) is 10.5. The van der Waals surface area contributed by atoms with E-state index in [1.807, 2.05) is 71.1 Å². The number of ether oxygens (including phenoxy) is 1. The molecule has 6 nitrogen and oxygen atoms in total. The number of hydrogen-bond donors (Lipinski definition) is 1. The maximum Gasteiger partial charge on any atom is 0.274 e. The summed E-state index contributed by atoms with van der Waals surface area (Å²) < 4.78 is 7.70. The van der Waals surface area contributed by atoms with Gasteiger partial charge in [0.05, 0.1) is 6.33 Å². The van der Waals surface area contributed by atoms with Crippen molar-refractivity contribution in [2.75, 3.05) is 19.6 Å². The quantitative estimate of drug-likeness (QED) is 0.659. The van der Waals surface area contributed by atoms with Crippen LogP contribution >= 0.6 is 0 Å². The van der Waals surface area contributed by atoms with Gasteiger partial charge in [-0.25, -0.2) is 4.98 Å². The molecule has 1 aliphatic carbocycles. The Kier molecular flexibility index (Phi) is 5.01. The van der Waals surface area contributed by atoms with E-state index in [0.29, 0.717) is 30.0 Å². The van der Waals surface area contributed by atoms with E-state index in [9.17, 15) is 4.79 Å². The number of nitrogens with zero attached hydrogens (tertiary/aromatic N) is 3. The van der Waals surface area contributed by atoms with Crippen molar-refractivity contribution in [3.63, 3.8) is 0 Å². The van der Waals surface area contributed by atoms with Gasteiger partial charge in [0.1, 0.15) is 17.2 Å². The van der Waals surface area contributed by atoms with Crippen LogP contribution in [0.4, 0.5) is 0 Å². The molecular weight excluding hydrogens is 376 g/mol. The van der Waals surface area contributed by atoms with Crippen molar-refractivity contribution < 1.29 is 9.53 Å². The van der Waals surface area contributed by atoms with E-state index >= 15 is 0 Å². The minimum atomic E-state index is -0.00172. The van der Waals surface area contributed by atoms with Crippen LogP contribution < -0.4 is 10.1 Å². The van der Waals surface area contributed by atoms with E-state index in [1.165, 1.54) is 0 Å². The highest BCUT2D eigenvalue weighted by Crippen LogP contribution is 2.49. The molecule has 0 bridgehead atoms. The number of imidazole rings is 1. The normalized spacial score (nSPS) is 21.8. The third-order valence-electron chi connectivity index (χ3n) is 6.19. The first-order valence-corrected chi connectivity index (χ1v) is 10.5. The van der Waals surface area contributed by atoms with Crippen molar-refractivity contribution in [3.8, 4) is 11.5 Å². The number of benzene rings is 2. The third kappa shape index (κ3) is 3.96. The SMILES string of the molecule is Cn1cnc(C(=O)N(Cc2ccc(Oc3ccccc3)cc2)CC2C3CNCC32)c1. The van der Waals surface area contributed by atoms with Crippen LogP contribution in [0.5, 0.6) is 11.5 Å². The maximum absolute atomic E-state index is 13.2. The summed E-state index contributed by atoms with van der Waals surface area (Å²) in [5, 5.41) is 3.43. The zero-order chi connectivity index (χ0) is 20.5. The molecule has 2 aromatic carbocycles. The first kappa shape index (κ1) is 18.9. The standard InChI is InChI=1S/C24H26N4O2/c1-27-15-23(26-16-27)24(29)28(14-22-20-11-25-12-21(20)22)13-17-7-9-19(10-8-17)30-18-5-3-2-4-6-18/h2-10,15-16,20-22,25H,11-14H2,1H3. The van der Waals surface area contributed by atoms with Crippen molar-refractivity contribution in [2.45, 2.75) is 6.54 Å². The average molecular weight is 402 g/mol. The zero-order valence-corrected chi connectivity index (χ0v) is 17.1. The third-order valence-corrected chi connectivity index (χ3v) is 6.19. The number of para-hydroxylation sites is 1. The first-order chi connectivity index (χ1) is 14.7. The molecule has 0 radical (unpaired) electrons. The zero-order valence-electron chi connectivity index (χ0n) is 17.1. The molecule has 1 amide bonds. The van der Waals surface area contributed by atoms with Crippen LogP contribution in [0.25, 0.3) is 0 Å². The van der Waals surface area contributed by atoms with Crippen molar-refractivity contribution >= 4 is 5.91 Å². The number of carbonyl (C=O) groups excluding carboxylic acids is 1. The van der Waals surface area contributed by atoms with Gasteiger partial charge in [-0.05, 0) is 60.7 Å². The number of hydrogen-bond acceptors (Lipinski definition) is 4. The number of aromatic nitrogens is 2. The van der Waals surface area contributed by atoms with Gasteiger partial charge >= 0.3 is 0 Å². The minimum absolute atomic E-state index is 0.00172. The second-order valence-corrected chi connectivity index (χ2v) is 8.32. The van der Waals surface area contributed by atoms with E-state index < -0.39 is 0 Å². The molecule has 2 heterocycles. The lowest BCUT2D eigenvalue weighted by atomic mass is 10.1. The fourth-order valence-corrected chi connectivity index (χ4v) is 4.48. The van der Waals surface area contributed by atoms with Gasteiger partial charge in [0.25, 0.3) is 5.91 Å². The van der Waals surface area contributed by atoms with E-state index in [2.05, 4.69) is 10.3 Å². The highest BCUT2D eigenvalue weighted by molar-refractivity contribution is 5.92. The largest absolute Gasteiger partial charge is 0.457 e. The summed E-state index contributed by atoms with van der Waals surface area (Å²) in [5.74, 6) is 3.62. The Labute approximate surface area is 176 Å². The van der Waals surface area contributed by atoms with Gasteiger partial charge in [0.15, 0.2) is 0 Å². The maximum atomic E-state index is 13.2. The molecule has 3 aromatic rings. The number of amides is 1. The molecule has 1 N–H and O–H groups in total. The topological polar surface area (TPSA) is 59.4 Å². The molecule has 30 heavy (non-hydrogen) atoms. The number of fused-ring (bicyclic) bond motifs is 1. The summed E-state index contributed by atoms with van der Waals surface area (Å²) in [6.45, 7) is 3.51. The van der Waals surface area contributed by atoms with Crippen LogP contribution in [0.2, 0.25) is 0 Å². The molecule has 2 unspecified atom stereocenters. The van der Waals surface area contributed by atoms with E-state index in [4.69, 9.17) is 4.74 Å². The molecule has 0 spiro atoms. The summed E-state index contributed by atoms with van der Waals surface area (Å²) in [6.07, 6.45) is 3.47. The van der Waals surface area contributed by atoms with Crippen LogP contribution in [0, 0.1) is 17.8 Å². The van der Waals surface area contributed by atoms with E-state index in [-0.39, 0.29) is 5.91 Å². The molecule has 2 aliphatic rings. The fraction of sp³-hybridized carbons (Fsp3) is 0.333. The number of nitrogens with one attached hydrogen (secondary N) is 1.